The van der Waals surface area contributed by atoms with Crippen molar-refractivity contribution in [2.75, 3.05) is 6.54 Å². The maximum atomic E-state index is 9.87. The SMILES string of the molecule is Cc1nc2sccn2c1[C@@H](O)CCN. The Kier molecular flexibility index (Phi) is 2.54. The quantitative estimate of drug-likeness (QED) is 0.798. The van der Waals surface area contributed by atoms with Crippen molar-refractivity contribution in [2.24, 2.45) is 5.73 Å². The van der Waals surface area contributed by atoms with Gasteiger partial charge in [0.15, 0.2) is 4.96 Å². The van der Waals surface area contributed by atoms with Crippen molar-refractivity contribution in [1.29, 1.82) is 0 Å². The minimum Gasteiger partial charge on any atom is -0.387 e. The molecule has 0 aliphatic rings. The summed E-state index contributed by atoms with van der Waals surface area (Å²) in [7, 11) is 0. The highest BCUT2D eigenvalue weighted by molar-refractivity contribution is 7.15. The number of nitrogens with two attached hydrogens (primary N) is 1. The Balaban J connectivity index is 2.47. The van der Waals surface area contributed by atoms with E-state index in [0.29, 0.717) is 13.0 Å². The summed E-state index contributed by atoms with van der Waals surface area (Å²) in [6.07, 6.45) is 1.99. The summed E-state index contributed by atoms with van der Waals surface area (Å²) in [6, 6.07) is 0. The van der Waals surface area contributed by atoms with Crippen molar-refractivity contribution in [3.05, 3.63) is 23.0 Å². The summed E-state index contributed by atoms with van der Waals surface area (Å²) in [5, 5.41) is 11.8. The first kappa shape index (κ1) is 9.64. The molecule has 5 heteroatoms. The van der Waals surface area contributed by atoms with Gasteiger partial charge in [-0.1, -0.05) is 0 Å². The lowest BCUT2D eigenvalue weighted by Crippen LogP contribution is -2.09. The second-order valence-corrected chi connectivity index (χ2v) is 4.10. The molecule has 0 aliphatic carbocycles. The Hall–Kier alpha value is -0.910. The lowest BCUT2D eigenvalue weighted by molar-refractivity contribution is 0.164. The van der Waals surface area contributed by atoms with E-state index in [9.17, 15) is 5.11 Å². The maximum Gasteiger partial charge on any atom is 0.194 e. The van der Waals surface area contributed by atoms with Gasteiger partial charge in [-0.15, -0.1) is 11.3 Å². The first-order valence-electron chi connectivity index (χ1n) is 4.54. The molecule has 0 bridgehead atoms. The maximum absolute atomic E-state index is 9.87. The molecule has 0 saturated heterocycles. The highest BCUT2D eigenvalue weighted by atomic mass is 32.1. The zero-order valence-corrected chi connectivity index (χ0v) is 8.79. The molecular weight excluding hydrogens is 198 g/mol. The van der Waals surface area contributed by atoms with Gasteiger partial charge in [-0.3, -0.25) is 4.40 Å². The summed E-state index contributed by atoms with van der Waals surface area (Å²) >= 11 is 1.57. The van der Waals surface area contributed by atoms with Crippen molar-refractivity contribution < 1.29 is 5.11 Å². The summed E-state index contributed by atoms with van der Waals surface area (Å²) in [5.74, 6) is 0. The fourth-order valence-electron chi connectivity index (χ4n) is 1.61. The van der Waals surface area contributed by atoms with Gasteiger partial charge in [0.05, 0.1) is 17.5 Å². The second-order valence-electron chi connectivity index (χ2n) is 3.23. The Morgan fingerprint density at radius 1 is 1.71 bits per heavy atom. The fourth-order valence-corrected chi connectivity index (χ4v) is 2.37. The molecular formula is C9H13N3OS. The molecule has 0 aromatic carbocycles. The van der Waals surface area contributed by atoms with Crippen molar-refractivity contribution >= 4 is 16.3 Å². The van der Waals surface area contributed by atoms with Gasteiger partial charge in [-0.05, 0) is 19.9 Å². The van der Waals surface area contributed by atoms with Crippen molar-refractivity contribution in [2.45, 2.75) is 19.4 Å². The minimum absolute atomic E-state index is 0.484. The number of fused-ring (bicyclic) bond motifs is 1. The van der Waals surface area contributed by atoms with Crippen LogP contribution in [0.15, 0.2) is 11.6 Å². The smallest absolute Gasteiger partial charge is 0.194 e. The highest BCUT2D eigenvalue weighted by Crippen LogP contribution is 2.23. The largest absolute Gasteiger partial charge is 0.387 e. The van der Waals surface area contributed by atoms with Crippen molar-refractivity contribution in [3.63, 3.8) is 0 Å². The monoisotopic (exact) mass is 211 g/mol. The molecule has 4 nitrogen and oxygen atoms in total. The highest BCUT2D eigenvalue weighted by Gasteiger charge is 2.16. The first-order valence-corrected chi connectivity index (χ1v) is 5.42. The molecule has 0 saturated carbocycles. The van der Waals surface area contributed by atoms with Gasteiger partial charge >= 0.3 is 0 Å². The number of thiazole rings is 1. The summed E-state index contributed by atoms with van der Waals surface area (Å²) in [5.41, 5.74) is 7.17. The standard InChI is InChI=1S/C9H13N3OS/c1-6-8(7(13)2-3-10)12-4-5-14-9(12)11-6/h4-5,7,13H,2-3,10H2,1H3/t7-/m0/s1. The zero-order valence-electron chi connectivity index (χ0n) is 7.97. The van der Waals surface area contributed by atoms with Crippen LogP contribution in [0.2, 0.25) is 0 Å². The summed E-state index contributed by atoms with van der Waals surface area (Å²) < 4.78 is 1.93. The van der Waals surface area contributed by atoms with E-state index >= 15 is 0 Å². The third-order valence-electron chi connectivity index (χ3n) is 2.24. The van der Waals surface area contributed by atoms with Crippen LogP contribution < -0.4 is 5.73 Å². The minimum atomic E-state index is -0.510. The van der Waals surface area contributed by atoms with Crippen LogP contribution in [0.1, 0.15) is 23.9 Å². The number of aryl methyl sites for hydroxylation is 1. The number of aliphatic hydroxyl groups is 1. The molecule has 2 heterocycles. The molecule has 2 aromatic rings. The normalized spacial score (nSPS) is 13.6. The predicted octanol–water partition coefficient (Wildman–Crippen LogP) is 1.09. The van der Waals surface area contributed by atoms with Crippen LogP contribution in [0.5, 0.6) is 0 Å². The van der Waals surface area contributed by atoms with E-state index in [-0.39, 0.29) is 0 Å². The van der Waals surface area contributed by atoms with Crippen LogP contribution in [-0.2, 0) is 0 Å². The van der Waals surface area contributed by atoms with E-state index in [4.69, 9.17) is 5.73 Å². The Labute approximate surface area is 86.0 Å². The van der Waals surface area contributed by atoms with E-state index < -0.39 is 6.10 Å². The zero-order chi connectivity index (χ0) is 10.1. The first-order chi connectivity index (χ1) is 6.74. The van der Waals surface area contributed by atoms with Crippen LogP contribution in [0, 0.1) is 6.92 Å². The van der Waals surface area contributed by atoms with Gasteiger partial charge in [0.1, 0.15) is 0 Å². The number of hydrogen-bond acceptors (Lipinski definition) is 4. The summed E-state index contributed by atoms with van der Waals surface area (Å²) in [4.78, 5) is 5.28. The van der Waals surface area contributed by atoms with Gasteiger partial charge in [-0.25, -0.2) is 4.98 Å². The van der Waals surface area contributed by atoms with E-state index in [0.717, 1.165) is 16.3 Å². The number of nitrogens with zero attached hydrogens (tertiary/aromatic N) is 2. The third kappa shape index (κ3) is 1.43. The average molecular weight is 211 g/mol. The second kappa shape index (κ2) is 3.68. The molecule has 0 unspecified atom stereocenters. The molecule has 0 aliphatic heterocycles. The van der Waals surface area contributed by atoms with E-state index in [1.54, 1.807) is 11.3 Å². The number of hydrogen-bond donors (Lipinski definition) is 2. The van der Waals surface area contributed by atoms with Crippen LogP contribution >= 0.6 is 11.3 Å². The van der Waals surface area contributed by atoms with Gasteiger partial charge in [0.2, 0.25) is 0 Å². The number of aliphatic hydroxyl groups excluding tert-OH is 1. The Morgan fingerprint density at radius 2 is 2.50 bits per heavy atom. The Bertz CT molecular complexity index is 434. The van der Waals surface area contributed by atoms with E-state index in [2.05, 4.69) is 4.98 Å². The molecule has 76 valence electrons. The van der Waals surface area contributed by atoms with Crippen LogP contribution in [0.3, 0.4) is 0 Å². The van der Waals surface area contributed by atoms with Gasteiger partial charge in [0.25, 0.3) is 0 Å². The van der Waals surface area contributed by atoms with Gasteiger partial charge < -0.3 is 10.8 Å². The topological polar surface area (TPSA) is 63.5 Å². The molecule has 2 rings (SSSR count). The van der Waals surface area contributed by atoms with Gasteiger partial charge in [-0.2, -0.15) is 0 Å². The van der Waals surface area contributed by atoms with E-state index in [1.165, 1.54) is 0 Å². The number of imidazole rings is 1. The van der Waals surface area contributed by atoms with Crippen LogP contribution in [0.25, 0.3) is 4.96 Å². The lowest BCUT2D eigenvalue weighted by Gasteiger charge is -2.08. The van der Waals surface area contributed by atoms with Crippen LogP contribution in [0.4, 0.5) is 0 Å². The average Bonchev–Trinajstić information content (AvgIpc) is 2.63. The molecule has 1 atom stereocenters. The fraction of sp³-hybridized carbons (Fsp3) is 0.444. The Morgan fingerprint density at radius 3 is 3.21 bits per heavy atom. The molecule has 2 aromatic heterocycles. The summed E-state index contributed by atoms with van der Waals surface area (Å²) in [6.45, 7) is 2.40. The molecule has 0 fully saturated rings. The van der Waals surface area contributed by atoms with Crippen molar-refractivity contribution in [3.8, 4) is 0 Å². The number of aromatic nitrogens is 2. The molecule has 0 spiro atoms. The van der Waals surface area contributed by atoms with Crippen LogP contribution in [-0.4, -0.2) is 21.0 Å². The number of rotatable bonds is 3. The predicted molar refractivity (Wildman–Crippen MR) is 56.4 cm³/mol. The van der Waals surface area contributed by atoms with Gasteiger partial charge in [0, 0.05) is 11.6 Å². The lowest BCUT2D eigenvalue weighted by atomic mass is 10.1. The molecule has 0 amide bonds. The third-order valence-corrected chi connectivity index (χ3v) is 3.00. The van der Waals surface area contributed by atoms with E-state index in [1.807, 2.05) is 22.9 Å². The molecule has 14 heavy (non-hydrogen) atoms. The molecule has 3 N–H and O–H groups in total. The molecule has 0 radical (unpaired) electrons. The van der Waals surface area contributed by atoms with Crippen molar-refractivity contribution in [1.82, 2.24) is 9.38 Å².